The van der Waals surface area contributed by atoms with Gasteiger partial charge in [0.25, 0.3) is 0 Å². The van der Waals surface area contributed by atoms with Gasteiger partial charge in [0.2, 0.25) is 0 Å². The molecular formula is C14H18ClN3. The summed E-state index contributed by atoms with van der Waals surface area (Å²) >= 11 is 6.25. The second kappa shape index (κ2) is 6.55. The van der Waals surface area contributed by atoms with E-state index in [-0.39, 0.29) is 5.38 Å². The van der Waals surface area contributed by atoms with Crippen LogP contribution in [0, 0.1) is 0 Å². The van der Waals surface area contributed by atoms with Gasteiger partial charge in [-0.3, -0.25) is 0 Å². The van der Waals surface area contributed by atoms with Gasteiger partial charge in [0, 0.05) is 5.38 Å². The Bertz CT molecular complexity index is 467. The van der Waals surface area contributed by atoms with Crippen LogP contribution in [0.1, 0.15) is 31.9 Å². The van der Waals surface area contributed by atoms with Gasteiger partial charge in [-0.25, -0.2) is 4.68 Å². The molecule has 0 spiro atoms. The Hall–Kier alpha value is -1.35. The Morgan fingerprint density at radius 2 is 2.00 bits per heavy atom. The highest BCUT2D eigenvalue weighted by molar-refractivity contribution is 6.20. The number of aryl methyl sites for hydroxylation is 1. The molecule has 96 valence electrons. The maximum Gasteiger partial charge on any atom is 0.0729 e. The quantitative estimate of drug-likeness (QED) is 0.746. The first-order valence-electron chi connectivity index (χ1n) is 6.40. The molecular weight excluding hydrogens is 246 g/mol. The van der Waals surface area contributed by atoms with Crippen LogP contribution >= 0.6 is 11.6 Å². The number of benzene rings is 1. The van der Waals surface area contributed by atoms with Gasteiger partial charge in [-0.15, -0.1) is 16.7 Å². The lowest BCUT2D eigenvalue weighted by Gasteiger charge is -2.09. The molecule has 0 aliphatic heterocycles. The number of nitrogens with zero attached hydrogens (tertiary/aromatic N) is 3. The Morgan fingerprint density at radius 1 is 1.22 bits per heavy atom. The Morgan fingerprint density at radius 3 is 2.72 bits per heavy atom. The zero-order valence-corrected chi connectivity index (χ0v) is 11.3. The van der Waals surface area contributed by atoms with E-state index in [0.29, 0.717) is 0 Å². The lowest BCUT2D eigenvalue weighted by atomic mass is 10.1. The Balaban J connectivity index is 2.05. The van der Waals surface area contributed by atoms with Crippen LogP contribution in [0.15, 0.2) is 36.5 Å². The standard InChI is InChI=1S/C14H18ClN3/c1-2-6-12(15)9-10-14-11-16-17-18(14)13-7-4-3-5-8-13/h3-5,7-8,11-12H,2,6,9-10H2,1H3. The van der Waals surface area contributed by atoms with Crippen molar-refractivity contribution in [3.8, 4) is 5.69 Å². The summed E-state index contributed by atoms with van der Waals surface area (Å²) < 4.78 is 1.88. The molecule has 0 saturated carbocycles. The highest BCUT2D eigenvalue weighted by Crippen LogP contribution is 2.15. The van der Waals surface area contributed by atoms with Crippen LogP contribution in [-0.2, 0) is 6.42 Å². The predicted octanol–water partition coefficient (Wildman–Crippen LogP) is 3.61. The summed E-state index contributed by atoms with van der Waals surface area (Å²) in [5.74, 6) is 0. The molecule has 0 aliphatic carbocycles. The Labute approximate surface area is 113 Å². The molecule has 3 nitrogen and oxygen atoms in total. The van der Waals surface area contributed by atoms with Crippen LogP contribution in [0.2, 0.25) is 0 Å². The average Bonchev–Trinajstić information content (AvgIpc) is 2.86. The van der Waals surface area contributed by atoms with Gasteiger partial charge in [0.15, 0.2) is 0 Å². The van der Waals surface area contributed by atoms with Crippen molar-refractivity contribution < 1.29 is 0 Å². The second-order valence-corrected chi connectivity index (χ2v) is 5.01. The van der Waals surface area contributed by atoms with E-state index in [0.717, 1.165) is 37.1 Å². The van der Waals surface area contributed by atoms with Crippen molar-refractivity contribution in [2.75, 3.05) is 0 Å². The van der Waals surface area contributed by atoms with E-state index in [4.69, 9.17) is 11.6 Å². The normalized spacial score (nSPS) is 12.6. The molecule has 0 bridgehead atoms. The van der Waals surface area contributed by atoms with Gasteiger partial charge in [-0.05, 0) is 31.4 Å². The van der Waals surface area contributed by atoms with E-state index in [2.05, 4.69) is 17.2 Å². The minimum Gasteiger partial charge on any atom is -0.218 e. The first-order valence-corrected chi connectivity index (χ1v) is 6.84. The van der Waals surface area contributed by atoms with Gasteiger partial charge in [-0.1, -0.05) is 36.8 Å². The molecule has 0 fully saturated rings. The van der Waals surface area contributed by atoms with Gasteiger partial charge in [0.05, 0.1) is 17.6 Å². The molecule has 1 aromatic heterocycles. The van der Waals surface area contributed by atoms with Gasteiger partial charge in [0.1, 0.15) is 0 Å². The van der Waals surface area contributed by atoms with E-state index in [1.54, 1.807) is 0 Å². The number of halogens is 1. The first kappa shape index (κ1) is 13.1. The zero-order chi connectivity index (χ0) is 12.8. The highest BCUT2D eigenvalue weighted by atomic mass is 35.5. The molecule has 1 aromatic carbocycles. The SMILES string of the molecule is CCCC(Cl)CCc1cnnn1-c1ccccc1. The maximum absolute atomic E-state index is 6.25. The van der Waals surface area contributed by atoms with Crippen LogP contribution in [-0.4, -0.2) is 20.4 Å². The lowest BCUT2D eigenvalue weighted by Crippen LogP contribution is -2.06. The van der Waals surface area contributed by atoms with E-state index < -0.39 is 0 Å². The summed E-state index contributed by atoms with van der Waals surface area (Å²) in [5.41, 5.74) is 2.16. The lowest BCUT2D eigenvalue weighted by molar-refractivity contribution is 0.653. The molecule has 0 N–H and O–H groups in total. The fourth-order valence-corrected chi connectivity index (χ4v) is 2.30. The van der Waals surface area contributed by atoms with Crippen molar-refractivity contribution in [3.05, 3.63) is 42.2 Å². The molecule has 0 radical (unpaired) electrons. The minimum absolute atomic E-state index is 0.245. The summed E-state index contributed by atoms with van der Waals surface area (Å²) in [5, 5.41) is 8.37. The third-order valence-corrected chi connectivity index (χ3v) is 3.37. The molecule has 0 amide bonds. The molecule has 1 unspecified atom stereocenters. The van der Waals surface area contributed by atoms with Crippen molar-refractivity contribution in [3.63, 3.8) is 0 Å². The number of para-hydroxylation sites is 1. The van der Waals surface area contributed by atoms with Crippen molar-refractivity contribution in [2.45, 2.75) is 38.0 Å². The van der Waals surface area contributed by atoms with Crippen LogP contribution in [0.3, 0.4) is 0 Å². The number of hydrogen-bond acceptors (Lipinski definition) is 2. The van der Waals surface area contributed by atoms with Crippen LogP contribution in [0.4, 0.5) is 0 Å². The molecule has 4 heteroatoms. The van der Waals surface area contributed by atoms with E-state index >= 15 is 0 Å². The molecule has 0 aliphatic rings. The second-order valence-electron chi connectivity index (χ2n) is 4.40. The minimum atomic E-state index is 0.245. The van der Waals surface area contributed by atoms with Crippen molar-refractivity contribution >= 4 is 11.6 Å². The van der Waals surface area contributed by atoms with Crippen LogP contribution in [0.25, 0.3) is 5.69 Å². The van der Waals surface area contributed by atoms with Crippen molar-refractivity contribution in [1.29, 1.82) is 0 Å². The van der Waals surface area contributed by atoms with Crippen LogP contribution in [0.5, 0.6) is 0 Å². The van der Waals surface area contributed by atoms with Gasteiger partial charge < -0.3 is 0 Å². The average molecular weight is 264 g/mol. The van der Waals surface area contributed by atoms with Crippen molar-refractivity contribution in [1.82, 2.24) is 15.0 Å². The molecule has 0 saturated heterocycles. The molecule has 2 rings (SSSR count). The van der Waals surface area contributed by atoms with E-state index in [1.165, 1.54) is 0 Å². The molecule has 2 aromatic rings. The molecule has 1 atom stereocenters. The van der Waals surface area contributed by atoms with Crippen LogP contribution < -0.4 is 0 Å². The predicted molar refractivity (Wildman–Crippen MR) is 74.2 cm³/mol. The third-order valence-electron chi connectivity index (χ3n) is 2.94. The fourth-order valence-electron chi connectivity index (χ4n) is 1.98. The topological polar surface area (TPSA) is 30.7 Å². The number of hydrogen-bond donors (Lipinski definition) is 0. The van der Waals surface area contributed by atoms with Gasteiger partial charge >= 0.3 is 0 Å². The van der Waals surface area contributed by atoms with E-state index in [9.17, 15) is 0 Å². The summed E-state index contributed by atoms with van der Waals surface area (Å²) in [4.78, 5) is 0. The summed E-state index contributed by atoms with van der Waals surface area (Å²) in [6.45, 7) is 2.16. The highest BCUT2D eigenvalue weighted by Gasteiger charge is 2.09. The first-order chi connectivity index (χ1) is 8.81. The fraction of sp³-hybridized carbons (Fsp3) is 0.429. The monoisotopic (exact) mass is 263 g/mol. The molecule has 1 heterocycles. The molecule has 18 heavy (non-hydrogen) atoms. The zero-order valence-electron chi connectivity index (χ0n) is 10.6. The van der Waals surface area contributed by atoms with Gasteiger partial charge in [-0.2, -0.15) is 0 Å². The third kappa shape index (κ3) is 3.33. The number of rotatable bonds is 6. The summed E-state index contributed by atoms with van der Waals surface area (Å²) in [7, 11) is 0. The Kier molecular flexibility index (Phi) is 4.76. The maximum atomic E-state index is 6.25. The van der Waals surface area contributed by atoms with E-state index in [1.807, 2.05) is 41.2 Å². The summed E-state index contributed by atoms with van der Waals surface area (Å²) in [6, 6.07) is 10.1. The number of alkyl halides is 1. The smallest absolute Gasteiger partial charge is 0.0729 e. The number of aromatic nitrogens is 3. The largest absolute Gasteiger partial charge is 0.218 e. The van der Waals surface area contributed by atoms with Crippen molar-refractivity contribution in [2.24, 2.45) is 0 Å². The summed E-state index contributed by atoms with van der Waals surface area (Å²) in [6.07, 6.45) is 5.90.